The van der Waals surface area contributed by atoms with Gasteiger partial charge in [0.15, 0.2) is 0 Å². The molecule has 0 atom stereocenters. The van der Waals surface area contributed by atoms with Crippen molar-refractivity contribution in [3.63, 3.8) is 0 Å². The average molecular weight is 276 g/mol. The maximum Gasteiger partial charge on any atom is 0.303 e. The van der Waals surface area contributed by atoms with Gasteiger partial charge in [-0.3, -0.25) is 14.6 Å². The van der Waals surface area contributed by atoms with E-state index in [9.17, 15) is 9.59 Å². The zero-order chi connectivity index (χ0) is 14.6. The van der Waals surface area contributed by atoms with E-state index in [1.54, 1.807) is 6.20 Å². The molecule has 0 bridgehead atoms. The van der Waals surface area contributed by atoms with Gasteiger partial charge in [0.1, 0.15) is 0 Å². The van der Waals surface area contributed by atoms with Gasteiger partial charge in [-0.15, -0.1) is 0 Å². The van der Waals surface area contributed by atoms with E-state index in [1.165, 1.54) is 0 Å². The standard InChI is InChI=1S/C15H20N2O3/c1-11-4-2-7-16-12(11)8-13(18)17-10-15(5-3-6-15)9-14(19)20/h2,4,7H,3,5-6,8-10H2,1H3,(H,17,18)(H,19,20). The number of carbonyl (C=O) groups is 2. The van der Waals surface area contributed by atoms with Gasteiger partial charge < -0.3 is 10.4 Å². The lowest BCUT2D eigenvalue weighted by Gasteiger charge is -2.40. The molecule has 0 saturated heterocycles. The lowest BCUT2D eigenvalue weighted by Crippen LogP contribution is -2.44. The van der Waals surface area contributed by atoms with Crippen LogP contribution in [0.4, 0.5) is 0 Å². The van der Waals surface area contributed by atoms with Gasteiger partial charge in [0.2, 0.25) is 5.91 Å². The summed E-state index contributed by atoms with van der Waals surface area (Å²) in [6.45, 7) is 2.37. The quantitative estimate of drug-likeness (QED) is 0.828. The van der Waals surface area contributed by atoms with Crippen LogP contribution in [0.1, 0.15) is 36.9 Å². The van der Waals surface area contributed by atoms with Crippen LogP contribution in [0.3, 0.4) is 0 Å². The van der Waals surface area contributed by atoms with Gasteiger partial charge >= 0.3 is 5.97 Å². The highest BCUT2D eigenvalue weighted by Gasteiger charge is 2.39. The molecule has 1 aliphatic rings. The third-order valence-electron chi connectivity index (χ3n) is 4.05. The summed E-state index contributed by atoms with van der Waals surface area (Å²) in [7, 11) is 0. The van der Waals surface area contributed by atoms with Crippen molar-refractivity contribution in [2.24, 2.45) is 5.41 Å². The Labute approximate surface area is 118 Å². The number of hydrogen-bond donors (Lipinski definition) is 2. The van der Waals surface area contributed by atoms with Crippen molar-refractivity contribution >= 4 is 11.9 Å². The second kappa shape index (κ2) is 6.03. The van der Waals surface area contributed by atoms with Crippen LogP contribution >= 0.6 is 0 Å². The molecule has 2 rings (SSSR count). The molecule has 0 radical (unpaired) electrons. The second-order valence-corrected chi connectivity index (χ2v) is 5.64. The van der Waals surface area contributed by atoms with Crippen molar-refractivity contribution < 1.29 is 14.7 Å². The van der Waals surface area contributed by atoms with Crippen LogP contribution < -0.4 is 5.32 Å². The summed E-state index contributed by atoms with van der Waals surface area (Å²) in [4.78, 5) is 27.0. The van der Waals surface area contributed by atoms with Crippen molar-refractivity contribution in [1.29, 1.82) is 0 Å². The molecule has 0 spiro atoms. The van der Waals surface area contributed by atoms with Crippen LogP contribution in [0.15, 0.2) is 18.3 Å². The molecule has 0 aliphatic heterocycles. The van der Waals surface area contributed by atoms with Crippen molar-refractivity contribution in [1.82, 2.24) is 10.3 Å². The molecule has 1 aromatic heterocycles. The topological polar surface area (TPSA) is 79.3 Å². The number of aromatic nitrogens is 1. The Morgan fingerprint density at radius 3 is 2.75 bits per heavy atom. The van der Waals surface area contributed by atoms with Crippen LogP contribution in [0.2, 0.25) is 0 Å². The number of carboxylic acids is 1. The largest absolute Gasteiger partial charge is 0.481 e. The van der Waals surface area contributed by atoms with E-state index in [-0.39, 0.29) is 24.2 Å². The summed E-state index contributed by atoms with van der Waals surface area (Å²) in [5.74, 6) is -0.886. The first-order valence-electron chi connectivity index (χ1n) is 6.90. The van der Waals surface area contributed by atoms with Gasteiger partial charge in [-0.2, -0.15) is 0 Å². The normalized spacial score (nSPS) is 16.2. The van der Waals surface area contributed by atoms with Crippen molar-refractivity contribution in [3.8, 4) is 0 Å². The van der Waals surface area contributed by atoms with Crippen molar-refractivity contribution in [2.45, 2.75) is 39.0 Å². The predicted molar refractivity (Wildman–Crippen MR) is 74.2 cm³/mol. The van der Waals surface area contributed by atoms with Crippen molar-refractivity contribution in [2.75, 3.05) is 6.54 Å². The molecule has 5 nitrogen and oxygen atoms in total. The minimum Gasteiger partial charge on any atom is -0.481 e. The molecular formula is C15H20N2O3. The third-order valence-corrected chi connectivity index (χ3v) is 4.05. The van der Waals surface area contributed by atoms with E-state index in [1.807, 2.05) is 19.1 Å². The molecule has 108 valence electrons. The molecule has 1 heterocycles. The summed E-state index contributed by atoms with van der Waals surface area (Å²) in [5.41, 5.74) is 1.53. The fourth-order valence-corrected chi connectivity index (χ4v) is 2.62. The van der Waals surface area contributed by atoms with E-state index in [0.717, 1.165) is 30.5 Å². The van der Waals surface area contributed by atoms with Crippen LogP contribution in [0.5, 0.6) is 0 Å². The first kappa shape index (κ1) is 14.5. The number of carbonyl (C=O) groups excluding carboxylic acids is 1. The molecule has 5 heteroatoms. The second-order valence-electron chi connectivity index (χ2n) is 5.64. The maximum absolute atomic E-state index is 11.9. The van der Waals surface area contributed by atoms with Crippen LogP contribution in [-0.2, 0) is 16.0 Å². The first-order valence-corrected chi connectivity index (χ1v) is 6.90. The van der Waals surface area contributed by atoms with Crippen LogP contribution in [-0.4, -0.2) is 28.5 Å². The Morgan fingerprint density at radius 1 is 1.45 bits per heavy atom. The van der Waals surface area contributed by atoms with Gasteiger partial charge in [0.05, 0.1) is 18.5 Å². The Bertz CT molecular complexity index is 510. The third kappa shape index (κ3) is 3.56. The Kier molecular flexibility index (Phi) is 4.37. The van der Waals surface area contributed by atoms with E-state index in [2.05, 4.69) is 10.3 Å². The summed E-state index contributed by atoms with van der Waals surface area (Å²) in [5, 5.41) is 11.8. The molecule has 0 unspecified atom stereocenters. The van der Waals surface area contributed by atoms with E-state index in [0.29, 0.717) is 6.54 Å². The fraction of sp³-hybridized carbons (Fsp3) is 0.533. The number of aliphatic carboxylic acids is 1. The molecule has 0 aromatic carbocycles. The number of pyridine rings is 1. The lowest BCUT2D eigenvalue weighted by atomic mass is 9.66. The molecule has 20 heavy (non-hydrogen) atoms. The minimum atomic E-state index is -0.792. The molecule has 1 fully saturated rings. The number of nitrogens with one attached hydrogen (secondary N) is 1. The minimum absolute atomic E-state index is 0.0940. The Hall–Kier alpha value is -1.91. The first-order chi connectivity index (χ1) is 9.51. The maximum atomic E-state index is 11.9. The summed E-state index contributed by atoms with van der Waals surface area (Å²) in [6, 6.07) is 3.76. The Morgan fingerprint density at radius 2 is 2.20 bits per heavy atom. The van der Waals surface area contributed by atoms with Gasteiger partial charge in [-0.1, -0.05) is 12.5 Å². The molecule has 1 amide bonds. The van der Waals surface area contributed by atoms with Crippen LogP contribution in [0.25, 0.3) is 0 Å². The van der Waals surface area contributed by atoms with Crippen molar-refractivity contribution in [3.05, 3.63) is 29.6 Å². The smallest absolute Gasteiger partial charge is 0.303 e. The average Bonchev–Trinajstić information content (AvgIpc) is 2.35. The predicted octanol–water partition coefficient (Wildman–Crippen LogP) is 1.69. The highest BCUT2D eigenvalue weighted by molar-refractivity contribution is 5.78. The number of nitrogens with zero attached hydrogens (tertiary/aromatic N) is 1. The van der Waals surface area contributed by atoms with E-state index >= 15 is 0 Å². The van der Waals surface area contributed by atoms with Gasteiger partial charge in [-0.25, -0.2) is 0 Å². The molecule has 1 aromatic rings. The van der Waals surface area contributed by atoms with E-state index < -0.39 is 5.97 Å². The van der Waals surface area contributed by atoms with Crippen LogP contribution in [0, 0.1) is 12.3 Å². The lowest BCUT2D eigenvalue weighted by molar-refractivity contribution is -0.141. The van der Waals surface area contributed by atoms with E-state index in [4.69, 9.17) is 5.11 Å². The number of amides is 1. The number of aryl methyl sites for hydroxylation is 1. The van der Waals surface area contributed by atoms with Gasteiger partial charge in [0.25, 0.3) is 0 Å². The van der Waals surface area contributed by atoms with Gasteiger partial charge in [-0.05, 0) is 36.8 Å². The highest BCUT2D eigenvalue weighted by Crippen LogP contribution is 2.43. The number of carboxylic acid groups (broad SMARTS) is 1. The Balaban J connectivity index is 1.86. The summed E-state index contributed by atoms with van der Waals surface area (Å²) in [6.07, 6.45) is 4.85. The SMILES string of the molecule is Cc1cccnc1CC(=O)NCC1(CC(=O)O)CCC1. The molecular weight excluding hydrogens is 256 g/mol. The van der Waals surface area contributed by atoms with Gasteiger partial charge in [0, 0.05) is 12.7 Å². The number of hydrogen-bond acceptors (Lipinski definition) is 3. The molecule has 1 saturated carbocycles. The number of rotatable bonds is 6. The fourth-order valence-electron chi connectivity index (χ4n) is 2.62. The molecule has 2 N–H and O–H groups in total. The highest BCUT2D eigenvalue weighted by atomic mass is 16.4. The summed E-state index contributed by atoms with van der Waals surface area (Å²) >= 11 is 0. The molecule has 1 aliphatic carbocycles. The zero-order valence-corrected chi connectivity index (χ0v) is 11.7. The monoisotopic (exact) mass is 276 g/mol. The summed E-state index contributed by atoms with van der Waals surface area (Å²) < 4.78 is 0. The zero-order valence-electron chi connectivity index (χ0n) is 11.7.